The molecule has 3 aromatic carbocycles. The molecule has 0 heterocycles. The first-order chi connectivity index (χ1) is 16.9. The summed E-state index contributed by atoms with van der Waals surface area (Å²) in [6.07, 6.45) is 0.843. The topological polar surface area (TPSA) is 78.1 Å². The number of hydrogen-bond acceptors (Lipinski definition) is 6. The Morgan fingerprint density at radius 2 is 1.54 bits per heavy atom. The smallest absolute Gasteiger partial charge is 0.262 e. The van der Waals surface area contributed by atoms with E-state index < -0.39 is 0 Å². The first-order valence-corrected chi connectivity index (χ1v) is 12.0. The average Bonchev–Trinajstić information content (AvgIpc) is 2.86. The highest BCUT2D eigenvalue weighted by Gasteiger charge is 2.14. The lowest BCUT2D eigenvalue weighted by Crippen LogP contribution is -2.20. The Morgan fingerprint density at radius 1 is 0.857 bits per heavy atom. The van der Waals surface area contributed by atoms with Gasteiger partial charge in [-0.15, -0.1) is 0 Å². The quantitative estimate of drug-likeness (QED) is 0.309. The molecule has 0 spiro atoms. The van der Waals surface area contributed by atoms with Gasteiger partial charge in [0.2, 0.25) is 0 Å². The summed E-state index contributed by atoms with van der Waals surface area (Å²) in [7, 11) is 4.84. The predicted octanol–water partition coefficient (Wildman–Crippen LogP) is 5.13. The summed E-state index contributed by atoms with van der Waals surface area (Å²) in [5, 5.41) is 6.27. The maximum Gasteiger partial charge on any atom is 0.262 e. The van der Waals surface area contributed by atoms with Gasteiger partial charge in [-0.1, -0.05) is 23.8 Å². The molecule has 0 fully saturated rings. The number of nitrogens with one attached hydrogen (secondary N) is 2. The molecule has 0 aliphatic carbocycles. The van der Waals surface area contributed by atoms with Crippen molar-refractivity contribution in [3.05, 3.63) is 75.8 Å². The summed E-state index contributed by atoms with van der Waals surface area (Å²) >= 11 is 3.55. The predicted molar refractivity (Wildman–Crippen MR) is 141 cm³/mol. The van der Waals surface area contributed by atoms with Gasteiger partial charge in [-0.2, -0.15) is 0 Å². The third-order valence-corrected chi connectivity index (χ3v) is 5.93. The maximum absolute atomic E-state index is 12.3. The lowest BCUT2D eigenvalue weighted by Gasteiger charge is -2.15. The van der Waals surface area contributed by atoms with Gasteiger partial charge in [0.15, 0.2) is 29.6 Å². The first-order valence-electron chi connectivity index (χ1n) is 11.2. The van der Waals surface area contributed by atoms with Crippen LogP contribution in [0.5, 0.6) is 23.0 Å². The highest BCUT2D eigenvalue weighted by molar-refractivity contribution is 9.10. The Hall–Kier alpha value is -3.23. The molecule has 1 amide bonds. The van der Waals surface area contributed by atoms with Crippen LogP contribution < -0.4 is 29.6 Å². The minimum atomic E-state index is -0.247. The molecular formula is C27H31BrN2O5. The SMILES string of the molecule is COc1ccc(CCNCc2cc(Br)c(OCC(=O)Nc3ccc(C)cc3)c(OC)c2)cc1OC. The number of ether oxygens (including phenoxy) is 4. The second-order valence-corrected chi connectivity index (χ2v) is 8.78. The van der Waals surface area contributed by atoms with E-state index >= 15 is 0 Å². The third kappa shape index (κ3) is 7.63. The van der Waals surface area contributed by atoms with Crippen LogP contribution in [0.1, 0.15) is 16.7 Å². The zero-order valence-electron chi connectivity index (χ0n) is 20.4. The normalized spacial score (nSPS) is 10.5. The Bertz CT molecular complexity index is 1140. The molecule has 0 saturated heterocycles. The highest BCUT2D eigenvalue weighted by Crippen LogP contribution is 2.36. The maximum atomic E-state index is 12.3. The van der Waals surface area contributed by atoms with Crippen molar-refractivity contribution in [3.63, 3.8) is 0 Å². The van der Waals surface area contributed by atoms with Gasteiger partial charge in [-0.05, 0) is 83.3 Å². The molecule has 2 N–H and O–H groups in total. The molecule has 0 aliphatic heterocycles. The minimum absolute atomic E-state index is 0.133. The van der Waals surface area contributed by atoms with Crippen LogP contribution in [0.2, 0.25) is 0 Å². The Labute approximate surface area is 214 Å². The van der Waals surface area contributed by atoms with E-state index in [2.05, 4.69) is 26.6 Å². The fourth-order valence-corrected chi connectivity index (χ4v) is 4.09. The van der Waals surface area contributed by atoms with Crippen LogP contribution in [0.25, 0.3) is 0 Å². The van der Waals surface area contributed by atoms with Gasteiger partial charge in [-0.3, -0.25) is 4.79 Å². The lowest BCUT2D eigenvalue weighted by molar-refractivity contribution is -0.118. The van der Waals surface area contributed by atoms with Gasteiger partial charge in [0, 0.05) is 12.2 Å². The van der Waals surface area contributed by atoms with Crippen LogP contribution in [0.3, 0.4) is 0 Å². The summed E-state index contributed by atoms with van der Waals surface area (Å²) in [4.78, 5) is 12.3. The van der Waals surface area contributed by atoms with E-state index in [-0.39, 0.29) is 12.5 Å². The number of halogens is 1. The van der Waals surface area contributed by atoms with E-state index in [1.54, 1.807) is 21.3 Å². The number of amides is 1. The Balaban J connectivity index is 1.53. The lowest BCUT2D eigenvalue weighted by atomic mass is 10.1. The van der Waals surface area contributed by atoms with Crippen molar-refractivity contribution in [2.24, 2.45) is 0 Å². The second-order valence-electron chi connectivity index (χ2n) is 7.93. The number of anilines is 1. The van der Waals surface area contributed by atoms with Gasteiger partial charge in [0.05, 0.1) is 25.8 Å². The molecular weight excluding hydrogens is 512 g/mol. The van der Waals surface area contributed by atoms with Crippen molar-refractivity contribution in [1.82, 2.24) is 5.32 Å². The van der Waals surface area contributed by atoms with Crippen molar-refractivity contribution in [3.8, 4) is 23.0 Å². The molecule has 0 unspecified atom stereocenters. The van der Waals surface area contributed by atoms with Crippen LogP contribution >= 0.6 is 15.9 Å². The van der Waals surface area contributed by atoms with Crippen LogP contribution in [-0.4, -0.2) is 40.4 Å². The Morgan fingerprint density at radius 3 is 2.23 bits per heavy atom. The van der Waals surface area contributed by atoms with E-state index in [4.69, 9.17) is 18.9 Å². The zero-order chi connectivity index (χ0) is 25.2. The van der Waals surface area contributed by atoms with Gasteiger partial charge >= 0.3 is 0 Å². The molecule has 186 valence electrons. The summed E-state index contributed by atoms with van der Waals surface area (Å²) in [5.41, 5.74) is 4.03. The van der Waals surface area contributed by atoms with Crippen LogP contribution in [-0.2, 0) is 17.8 Å². The molecule has 7 nitrogen and oxygen atoms in total. The van der Waals surface area contributed by atoms with Crippen molar-refractivity contribution in [2.45, 2.75) is 19.9 Å². The molecule has 0 radical (unpaired) electrons. The van der Waals surface area contributed by atoms with E-state index in [0.717, 1.165) is 51.3 Å². The summed E-state index contributed by atoms with van der Waals surface area (Å²) < 4.78 is 22.7. The molecule has 0 aromatic heterocycles. The van der Waals surface area contributed by atoms with Crippen LogP contribution in [0, 0.1) is 6.92 Å². The highest BCUT2D eigenvalue weighted by atomic mass is 79.9. The standard InChI is InChI=1S/C27H31BrN2O5/c1-18-5-8-21(9-6-18)30-26(31)17-35-27-22(28)13-20(15-25(27)34-4)16-29-12-11-19-7-10-23(32-2)24(14-19)33-3/h5-10,13-15,29H,11-12,16-17H2,1-4H3,(H,30,31). The molecule has 3 aromatic rings. The number of hydrogen-bond donors (Lipinski definition) is 2. The Kier molecular flexibility index (Phi) is 9.81. The van der Waals surface area contributed by atoms with Gasteiger partial charge < -0.3 is 29.6 Å². The first kappa shape index (κ1) is 26.4. The minimum Gasteiger partial charge on any atom is -0.493 e. The van der Waals surface area contributed by atoms with Crippen molar-refractivity contribution in [1.29, 1.82) is 0 Å². The van der Waals surface area contributed by atoms with Crippen LogP contribution in [0.4, 0.5) is 5.69 Å². The zero-order valence-corrected chi connectivity index (χ0v) is 22.0. The van der Waals surface area contributed by atoms with Gasteiger partial charge in [0.25, 0.3) is 5.91 Å². The van der Waals surface area contributed by atoms with E-state index in [0.29, 0.717) is 18.0 Å². The van der Waals surface area contributed by atoms with Crippen molar-refractivity contribution < 1.29 is 23.7 Å². The monoisotopic (exact) mass is 542 g/mol. The number of methoxy groups -OCH3 is 3. The third-order valence-electron chi connectivity index (χ3n) is 5.34. The molecule has 0 saturated carbocycles. The van der Waals surface area contributed by atoms with Crippen molar-refractivity contribution in [2.75, 3.05) is 39.8 Å². The van der Waals surface area contributed by atoms with E-state index in [1.165, 1.54) is 0 Å². The summed E-state index contributed by atoms with van der Waals surface area (Å²) in [6.45, 7) is 3.30. The van der Waals surface area contributed by atoms with E-state index in [1.807, 2.05) is 61.5 Å². The molecule has 8 heteroatoms. The molecule has 3 rings (SSSR count). The molecule has 0 atom stereocenters. The fourth-order valence-electron chi connectivity index (χ4n) is 3.49. The van der Waals surface area contributed by atoms with E-state index in [9.17, 15) is 4.79 Å². The van der Waals surface area contributed by atoms with Crippen LogP contribution in [0.15, 0.2) is 59.1 Å². The number of rotatable bonds is 12. The molecule has 0 aliphatic rings. The number of carbonyl (C=O) groups excluding carboxylic acids is 1. The number of carbonyl (C=O) groups is 1. The summed E-state index contributed by atoms with van der Waals surface area (Å²) in [6, 6.07) is 17.4. The summed E-state index contributed by atoms with van der Waals surface area (Å²) in [5.74, 6) is 2.24. The second kappa shape index (κ2) is 13.0. The largest absolute Gasteiger partial charge is 0.493 e. The van der Waals surface area contributed by atoms with Gasteiger partial charge in [0.1, 0.15) is 0 Å². The molecule has 35 heavy (non-hydrogen) atoms. The molecule has 0 bridgehead atoms. The number of aryl methyl sites for hydroxylation is 1. The van der Waals surface area contributed by atoms with Gasteiger partial charge in [-0.25, -0.2) is 0 Å². The fraction of sp³-hybridized carbons (Fsp3) is 0.296. The van der Waals surface area contributed by atoms with Crippen molar-refractivity contribution >= 4 is 27.5 Å². The average molecular weight is 543 g/mol. The number of benzene rings is 3.